The van der Waals surface area contributed by atoms with Crippen LogP contribution >= 0.6 is 0 Å². The molecule has 0 amide bonds. The van der Waals surface area contributed by atoms with Crippen molar-refractivity contribution in [3.8, 4) is 22.6 Å². The van der Waals surface area contributed by atoms with E-state index in [1.54, 1.807) is 6.07 Å². The highest BCUT2D eigenvalue weighted by Gasteiger charge is 2.38. The minimum Gasteiger partial charge on any atom is -0.507 e. The van der Waals surface area contributed by atoms with Crippen LogP contribution in [0, 0.1) is 0 Å². The summed E-state index contributed by atoms with van der Waals surface area (Å²) in [5, 5.41) is 12.9. The molecule has 1 N–H and O–H groups in total. The van der Waals surface area contributed by atoms with Gasteiger partial charge in [0.15, 0.2) is 0 Å². The first-order valence-corrected chi connectivity index (χ1v) is 15.5. The molecular formula is C42H30N2O. The van der Waals surface area contributed by atoms with Crippen LogP contribution in [0.4, 0.5) is 11.4 Å². The van der Waals surface area contributed by atoms with E-state index >= 15 is 0 Å². The van der Waals surface area contributed by atoms with Crippen LogP contribution in [0.25, 0.3) is 44.2 Å². The van der Waals surface area contributed by atoms with E-state index in [4.69, 9.17) is 0 Å². The van der Waals surface area contributed by atoms with Gasteiger partial charge in [0.1, 0.15) is 5.75 Å². The van der Waals surface area contributed by atoms with Gasteiger partial charge in [-0.1, -0.05) is 109 Å². The highest BCUT2D eigenvalue weighted by Crippen LogP contribution is 2.49. The van der Waals surface area contributed by atoms with Crippen molar-refractivity contribution >= 4 is 38.8 Å². The maximum atomic E-state index is 10.4. The van der Waals surface area contributed by atoms with E-state index in [-0.39, 0.29) is 12.0 Å². The van der Waals surface area contributed by atoms with E-state index in [9.17, 15) is 5.11 Å². The van der Waals surface area contributed by atoms with Gasteiger partial charge in [-0.05, 0) is 76.9 Å². The zero-order valence-electron chi connectivity index (χ0n) is 24.6. The number of phenols is 1. The quantitative estimate of drug-likeness (QED) is 0.225. The summed E-state index contributed by atoms with van der Waals surface area (Å²) >= 11 is 0. The Morgan fingerprint density at radius 1 is 0.556 bits per heavy atom. The molecule has 0 saturated heterocycles. The van der Waals surface area contributed by atoms with Gasteiger partial charge in [-0.3, -0.25) is 0 Å². The highest BCUT2D eigenvalue weighted by molar-refractivity contribution is 6.10. The predicted octanol–water partition coefficient (Wildman–Crippen LogP) is 10.4. The minimum absolute atomic E-state index is 0.186. The first-order valence-electron chi connectivity index (χ1n) is 15.5. The molecule has 2 atom stereocenters. The van der Waals surface area contributed by atoms with Gasteiger partial charge in [0.05, 0.1) is 17.1 Å². The number of para-hydroxylation sites is 4. The van der Waals surface area contributed by atoms with Crippen LogP contribution in [-0.2, 0) is 0 Å². The van der Waals surface area contributed by atoms with Crippen molar-refractivity contribution in [2.24, 2.45) is 0 Å². The molecule has 45 heavy (non-hydrogen) atoms. The Labute approximate surface area is 262 Å². The van der Waals surface area contributed by atoms with Crippen LogP contribution in [-0.4, -0.2) is 15.7 Å². The third-order valence-electron chi connectivity index (χ3n) is 9.43. The molecule has 3 nitrogen and oxygen atoms in total. The molecule has 2 heterocycles. The Morgan fingerprint density at radius 2 is 1.27 bits per heavy atom. The van der Waals surface area contributed by atoms with Gasteiger partial charge < -0.3 is 14.6 Å². The number of benzene rings is 6. The second-order valence-corrected chi connectivity index (χ2v) is 11.9. The number of allylic oxidation sites excluding steroid dienone is 2. The van der Waals surface area contributed by atoms with Gasteiger partial charge in [-0.25, -0.2) is 0 Å². The lowest BCUT2D eigenvalue weighted by Crippen LogP contribution is -2.28. The van der Waals surface area contributed by atoms with Gasteiger partial charge in [-0.15, -0.1) is 0 Å². The van der Waals surface area contributed by atoms with Crippen LogP contribution in [0.15, 0.2) is 164 Å². The molecule has 9 rings (SSSR count). The summed E-state index contributed by atoms with van der Waals surface area (Å²) in [5.41, 5.74) is 11.7. The second-order valence-electron chi connectivity index (χ2n) is 11.9. The molecule has 0 fully saturated rings. The van der Waals surface area contributed by atoms with Crippen molar-refractivity contribution in [3.63, 3.8) is 0 Å². The fourth-order valence-corrected chi connectivity index (χ4v) is 7.37. The standard InChI is InChI=1S/C42H30N2O/c45-42-17-9-6-12-33(42)28-18-22-32(23-19-28)44-39-16-8-5-14-35(39)37-27-30(21-25-41(37)44)29-20-24-40-36(26-29)34-13-4-7-15-38(34)43(40)31-10-2-1-3-11-31/h1-27,37,41,45H. The van der Waals surface area contributed by atoms with Gasteiger partial charge >= 0.3 is 0 Å². The van der Waals surface area contributed by atoms with Crippen LogP contribution in [0.2, 0.25) is 0 Å². The Bertz CT molecular complexity index is 2290. The molecule has 0 saturated carbocycles. The fraction of sp³-hybridized carbons (Fsp3) is 0.0476. The number of aromatic hydroxyl groups is 1. The zero-order valence-corrected chi connectivity index (χ0v) is 24.6. The third kappa shape index (κ3) is 4.05. The number of nitrogens with zero attached hydrogens (tertiary/aromatic N) is 2. The molecular weight excluding hydrogens is 548 g/mol. The SMILES string of the molecule is Oc1ccccc1-c1ccc(N2c3ccccc3C3C=C(c4ccc5c(c4)c4ccccc4n5-c4ccccc4)C=CC32)cc1. The van der Waals surface area contributed by atoms with E-state index in [0.717, 1.165) is 16.8 Å². The molecule has 3 heteroatoms. The lowest BCUT2D eigenvalue weighted by Gasteiger charge is -2.30. The molecule has 0 radical (unpaired) electrons. The van der Waals surface area contributed by atoms with Gasteiger partial charge in [-0.2, -0.15) is 0 Å². The van der Waals surface area contributed by atoms with Crippen LogP contribution in [0.3, 0.4) is 0 Å². The Hall–Kier alpha value is -5.80. The first-order chi connectivity index (χ1) is 22.2. The van der Waals surface area contributed by atoms with Gasteiger partial charge in [0, 0.05) is 39.3 Å². The third-order valence-corrected chi connectivity index (χ3v) is 9.43. The normalized spacial score (nSPS) is 17.0. The van der Waals surface area contributed by atoms with E-state index in [2.05, 4.69) is 149 Å². The zero-order chi connectivity index (χ0) is 29.9. The van der Waals surface area contributed by atoms with Gasteiger partial charge in [0.25, 0.3) is 0 Å². The second kappa shape index (κ2) is 10.1. The van der Waals surface area contributed by atoms with E-state index in [1.807, 2.05) is 18.2 Å². The lowest BCUT2D eigenvalue weighted by molar-refractivity contribution is 0.477. The summed E-state index contributed by atoms with van der Waals surface area (Å²) in [6.07, 6.45) is 7.12. The molecule has 7 aromatic rings. The highest BCUT2D eigenvalue weighted by atomic mass is 16.3. The van der Waals surface area contributed by atoms with E-state index in [0.29, 0.717) is 5.75 Å². The topological polar surface area (TPSA) is 28.4 Å². The molecule has 1 aromatic heterocycles. The maximum Gasteiger partial charge on any atom is 0.123 e. The van der Waals surface area contributed by atoms with Crippen molar-refractivity contribution in [1.82, 2.24) is 4.57 Å². The number of anilines is 2. The van der Waals surface area contributed by atoms with Crippen LogP contribution in [0.5, 0.6) is 5.75 Å². The molecule has 6 aromatic carbocycles. The molecule has 214 valence electrons. The number of fused-ring (bicyclic) bond motifs is 6. The molecule has 1 aliphatic carbocycles. The predicted molar refractivity (Wildman–Crippen MR) is 187 cm³/mol. The van der Waals surface area contributed by atoms with Gasteiger partial charge in [0.2, 0.25) is 0 Å². The molecule has 2 aliphatic rings. The van der Waals surface area contributed by atoms with Crippen LogP contribution in [0.1, 0.15) is 17.0 Å². The average molecular weight is 579 g/mol. The van der Waals surface area contributed by atoms with E-state index in [1.165, 1.54) is 49.9 Å². The van der Waals surface area contributed by atoms with Crippen LogP contribution < -0.4 is 4.90 Å². The van der Waals surface area contributed by atoms with E-state index < -0.39 is 0 Å². The smallest absolute Gasteiger partial charge is 0.123 e. The maximum absolute atomic E-state index is 10.4. The summed E-state index contributed by atoms with van der Waals surface area (Å²) in [6, 6.07) is 51.3. The Morgan fingerprint density at radius 3 is 2.13 bits per heavy atom. The van der Waals surface area contributed by atoms with Crippen molar-refractivity contribution in [2.45, 2.75) is 12.0 Å². The number of phenolic OH excluding ortho intramolecular Hbond substituents is 1. The Kier molecular flexibility index (Phi) is 5.79. The number of hydrogen-bond donors (Lipinski definition) is 1. The summed E-state index contributed by atoms with van der Waals surface area (Å²) in [4.78, 5) is 2.45. The molecule has 1 aliphatic heterocycles. The lowest BCUT2D eigenvalue weighted by atomic mass is 9.86. The van der Waals surface area contributed by atoms with Crippen molar-refractivity contribution in [3.05, 3.63) is 175 Å². The number of hydrogen-bond acceptors (Lipinski definition) is 2. The molecule has 0 bridgehead atoms. The average Bonchev–Trinajstić information content (AvgIpc) is 3.61. The van der Waals surface area contributed by atoms with Crippen molar-refractivity contribution in [2.75, 3.05) is 4.90 Å². The molecule has 2 unspecified atom stereocenters. The summed E-state index contributed by atoms with van der Waals surface area (Å²) in [7, 11) is 0. The fourth-order valence-electron chi connectivity index (χ4n) is 7.37. The van der Waals surface area contributed by atoms with Crippen molar-refractivity contribution in [1.29, 1.82) is 0 Å². The summed E-state index contributed by atoms with van der Waals surface area (Å²) in [5.74, 6) is 0.535. The Balaban J connectivity index is 1.11. The summed E-state index contributed by atoms with van der Waals surface area (Å²) < 4.78 is 2.37. The largest absolute Gasteiger partial charge is 0.507 e. The first kappa shape index (κ1) is 25.7. The van der Waals surface area contributed by atoms with Crippen molar-refractivity contribution < 1.29 is 5.11 Å². The number of aromatic nitrogens is 1. The summed E-state index contributed by atoms with van der Waals surface area (Å²) in [6.45, 7) is 0. The monoisotopic (exact) mass is 578 g/mol. The number of rotatable bonds is 4. The minimum atomic E-state index is 0.186. The molecule has 0 spiro atoms.